The van der Waals surface area contributed by atoms with Gasteiger partial charge in [-0.25, -0.2) is 8.42 Å². The average Bonchev–Trinajstić information content (AvgIpc) is 2.86. The van der Waals surface area contributed by atoms with Crippen molar-refractivity contribution in [2.45, 2.75) is 66.5 Å². The summed E-state index contributed by atoms with van der Waals surface area (Å²) in [5.74, 6) is 0.564. The van der Waals surface area contributed by atoms with Crippen LogP contribution in [0.4, 0.5) is 5.69 Å². The number of ether oxygens (including phenoxy) is 1. The lowest BCUT2D eigenvalue weighted by Crippen LogP contribution is -2.49. The molecule has 0 saturated heterocycles. The number of carbonyl (C=O) groups excluding carboxylic acids is 2. The van der Waals surface area contributed by atoms with Crippen LogP contribution in [-0.2, 0) is 26.2 Å². The van der Waals surface area contributed by atoms with Crippen LogP contribution in [0.1, 0.15) is 56.7 Å². The van der Waals surface area contributed by atoms with E-state index < -0.39 is 16.1 Å². The number of benzene rings is 2. The lowest BCUT2D eigenvalue weighted by Gasteiger charge is -2.31. The minimum atomic E-state index is -3.54. The summed E-state index contributed by atoms with van der Waals surface area (Å²) in [6.07, 6.45) is 2.05. The van der Waals surface area contributed by atoms with Gasteiger partial charge in [0.1, 0.15) is 11.8 Å². The second-order valence-electron chi connectivity index (χ2n) is 10.1. The summed E-state index contributed by atoms with van der Waals surface area (Å²) in [4.78, 5) is 28.2. The third-order valence-corrected chi connectivity index (χ3v) is 7.68. The van der Waals surface area contributed by atoms with E-state index in [1.165, 1.54) is 10.6 Å². The SMILES string of the molecule is CCC(C(=O)NCC(C)C)N(Cc1cccc(OC)c1)C(=O)CCCN(c1ccc(C)c(C)c1)S(C)(=O)=O. The lowest BCUT2D eigenvalue weighted by atomic mass is 10.1. The Morgan fingerprint density at radius 3 is 2.34 bits per heavy atom. The second kappa shape index (κ2) is 14.2. The van der Waals surface area contributed by atoms with Gasteiger partial charge in [0.25, 0.3) is 0 Å². The Morgan fingerprint density at radius 1 is 1.05 bits per heavy atom. The quantitative estimate of drug-likeness (QED) is 0.379. The van der Waals surface area contributed by atoms with E-state index in [2.05, 4.69) is 5.32 Å². The van der Waals surface area contributed by atoms with Crippen molar-refractivity contribution in [3.63, 3.8) is 0 Å². The van der Waals surface area contributed by atoms with Crippen molar-refractivity contribution < 1.29 is 22.7 Å². The number of anilines is 1. The van der Waals surface area contributed by atoms with Crippen molar-refractivity contribution in [3.05, 3.63) is 59.2 Å². The standard InChI is InChI=1S/C29H43N3O5S/c1-8-27(29(34)30-19-21(2)3)31(20-24-11-9-12-26(18-24)37-6)28(33)13-10-16-32(38(7,35)36)25-15-14-22(4)23(5)17-25/h9,11-12,14-15,17-18,21,27H,8,10,13,16,19-20H2,1-7H3,(H,30,34). The van der Waals surface area contributed by atoms with E-state index in [0.29, 0.717) is 30.8 Å². The number of nitrogens with one attached hydrogen (secondary N) is 1. The maximum absolute atomic E-state index is 13.6. The molecule has 0 heterocycles. The zero-order valence-corrected chi connectivity index (χ0v) is 24.6. The highest BCUT2D eigenvalue weighted by atomic mass is 32.2. The van der Waals surface area contributed by atoms with Gasteiger partial charge < -0.3 is 15.0 Å². The van der Waals surface area contributed by atoms with Gasteiger partial charge in [0.05, 0.1) is 19.1 Å². The molecule has 0 aliphatic rings. The summed E-state index contributed by atoms with van der Waals surface area (Å²) in [6.45, 7) is 10.8. The van der Waals surface area contributed by atoms with Crippen LogP contribution in [0.15, 0.2) is 42.5 Å². The molecule has 0 aliphatic carbocycles. The molecule has 2 amide bonds. The molecule has 210 valence electrons. The Bertz CT molecular complexity index is 1200. The van der Waals surface area contributed by atoms with Crippen molar-refractivity contribution in [1.82, 2.24) is 10.2 Å². The molecule has 0 spiro atoms. The predicted octanol–water partition coefficient (Wildman–Crippen LogP) is 4.44. The van der Waals surface area contributed by atoms with E-state index in [9.17, 15) is 18.0 Å². The molecule has 0 aromatic heterocycles. The molecule has 38 heavy (non-hydrogen) atoms. The van der Waals surface area contributed by atoms with Crippen LogP contribution in [0.2, 0.25) is 0 Å². The van der Waals surface area contributed by atoms with Gasteiger partial charge in [-0.15, -0.1) is 0 Å². The van der Waals surface area contributed by atoms with Gasteiger partial charge in [-0.3, -0.25) is 13.9 Å². The first-order valence-electron chi connectivity index (χ1n) is 13.1. The first-order valence-corrected chi connectivity index (χ1v) is 15.0. The van der Waals surface area contributed by atoms with Crippen molar-refractivity contribution in [2.24, 2.45) is 5.92 Å². The molecule has 0 aliphatic heterocycles. The fraction of sp³-hybridized carbons (Fsp3) is 0.517. The minimum Gasteiger partial charge on any atom is -0.497 e. The van der Waals surface area contributed by atoms with Gasteiger partial charge in [-0.1, -0.05) is 39.0 Å². The largest absolute Gasteiger partial charge is 0.497 e. The number of carbonyl (C=O) groups is 2. The minimum absolute atomic E-state index is 0.106. The highest BCUT2D eigenvalue weighted by Crippen LogP contribution is 2.23. The van der Waals surface area contributed by atoms with Gasteiger partial charge >= 0.3 is 0 Å². The summed E-state index contributed by atoms with van der Waals surface area (Å²) in [5.41, 5.74) is 3.50. The summed E-state index contributed by atoms with van der Waals surface area (Å²) in [6, 6.07) is 12.3. The summed E-state index contributed by atoms with van der Waals surface area (Å²) in [7, 11) is -1.96. The van der Waals surface area contributed by atoms with E-state index in [-0.39, 0.29) is 37.2 Å². The van der Waals surface area contributed by atoms with Gasteiger partial charge in [0.2, 0.25) is 21.8 Å². The molecule has 2 aromatic rings. The Balaban J connectivity index is 2.25. The Morgan fingerprint density at radius 2 is 1.76 bits per heavy atom. The van der Waals surface area contributed by atoms with Crippen LogP contribution in [0, 0.1) is 19.8 Å². The maximum Gasteiger partial charge on any atom is 0.242 e. The van der Waals surface area contributed by atoms with E-state index in [1.54, 1.807) is 18.1 Å². The zero-order valence-electron chi connectivity index (χ0n) is 23.8. The number of amides is 2. The molecule has 2 rings (SSSR count). The van der Waals surface area contributed by atoms with Crippen LogP contribution in [-0.4, -0.2) is 57.6 Å². The van der Waals surface area contributed by atoms with E-state index in [0.717, 1.165) is 16.7 Å². The molecule has 0 bridgehead atoms. The second-order valence-corrected chi connectivity index (χ2v) is 12.1. The van der Waals surface area contributed by atoms with Crippen LogP contribution >= 0.6 is 0 Å². The van der Waals surface area contributed by atoms with Crippen molar-refractivity contribution in [2.75, 3.05) is 30.8 Å². The molecule has 0 saturated carbocycles. The number of hydrogen-bond acceptors (Lipinski definition) is 5. The van der Waals surface area contributed by atoms with Gasteiger partial charge in [0, 0.05) is 26.1 Å². The number of aryl methyl sites for hydroxylation is 2. The highest BCUT2D eigenvalue weighted by Gasteiger charge is 2.29. The predicted molar refractivity (Wildman–Crippen MR) is 153 cm³/mol. The molecular weight excluding hydrogens is 502 g/mol. The number of sulfonamides is 1. The fourth-order valence-electron chi connectivity index (χ4n) is 4.19. The molecule has 9 heteroatoms. The van der Waals surface area contributed by atoms with Gasteiger partial charge in [0.15, 0.2) is 0 Å². The van der Waals surface area contributed by atoms with Crippen LogP contribution < -0.4 is 14.4 Å². The summed E-state index contributed by atoms with van der Waals surface area (Å²) < 4.78 is 31.8. The fourth-order valence-corrected chi connectivity index (χ4v) is 5.15. The molecule has 8 nitrogen and oxygen atoms in total. The first-order chi connectivity index (χ1) is 17.9. The smallest absolute Gasteiger partial charge is 0.242 e. The molecule has 0 radical (unpaired) electrons. The van der Waals surface area contributed by atoms with E-state index in [4.69, 9.17) is 4.74 Å². The Hall–Kier alpha value is -3.07. The first kappa shape index (κ1) is 31.1. The van der Waals surface area contributed by atoms with Crippen LogP contribution in [0.3, 0.4) is 0 Å². The van der Waals surface area contributed by atoms with Crippen LogP contribution in [0.25, 0.3) is 0 Å². The molecule has 1 unspecified atom stereocenters. The van der Waals surface area contributed by atoms with E-state index >= 15 is 0 Å². The number of rotatable bonds is 14. The van der Waals surface area contributed by atoms with Gasteiger partial charge in [-0.2, -0.15) is 0 Å². The number of nitrogens with zero attached hydrogens (tertiary/aromatic N) is 2. The monoisotopic (exact) mass is 545 g/mol. The van der Waals surface area contributed by atoms with Crippen molar-refractivity contribution in [3.8, 4) is 5.75 Å². The summed E-state index contributed by atoms with van der Waals surface area (Å²) >= 11 is 0. The molecule has 2 aromatic carbocycles. The zero-order chi connectivity index (χ0) is 28.5. The average molecular weight is 546 g/mol. The highest BCUT2D eigenvalue weighted by molar-refractivity contribution is 7.92. The Labute approximate surface area is 228 Å². The molecule has 1 atom stereocenters. The van der Waals surface area contributed by atoms with Crippen molar-refractivity contribution >= 4 is 27.5 Å². The van der Waals surface area contributed by atoms with Gasteiger partial charge in [-0.05, 0) is 73.6 Å². The molecular formula is C29H43N3O5S. The maximum atomic E-state index is 13.6. The normalized spacial score (nSPS) is 12.2. The van der Waals surface area contributed by atoms with Crippen LogP contribution in [0.5, 0.6) is 5.75 Å². The number of methoxy groups -OCH3 is 1. The van der Waals surface area contributed by atoms with E-state index in [1.807, 2.05) is 71.0 Å². The molecule has 1 N–H and O–H groups in total. The third-order valence-electron chi connectivity index (χ3n) is 6.49. The molecule has 0 fully saturated rings. The summed E-state index contributed by atoms with van der Waals surface area (Å²) in [5, 5.41) is 2.96. The topological polar surface area (TPSA) is 96.0 Å². The number of hydrogen-bond donors (Lipinski definition) is 1. The third kappa shape index (κ3) is 9.04. The Kier molecular flexibility index (Phi) is 11.6. The van der Waals surface area contributed by atoms with Crippen molar-refractivity contribution in [1.29, 1.82) is 0 Å². The lowest BCUT2D eigenvalue weighted by molar-refractivity contribution is -0.141.